The minimum atomic E-state index is -0.425. The second-order valence-electron chi connectivity index (χ2n) is 6.83. The van der Waals surface area contributed by atoms with Gasteiger partial charge in [0.1, 0.15) is 11.9 Å². The second-order valence-corrected chi connectivity index (χ2v) is 7.24. The van der Waals surface area contributed by atoms with Crippen LogP contribution in [0.2, 0.25) is 5.02 Å². The van der Waals surface area contributed by atoms with E-state index < -0.39 is 6.09 Å². The number of pyridine rings is 1. The molecule has 0 spiro atoms. The van der Waals surface area contributed by atoms with Crippen LogP contribution < -0.4 is 15.0 Å². The van der Waals surface area contributed by atoms with Gasteiger partial charge >= 0.3 is 6.09 Å². The fourth-order valence-corrected chi connectivity index (χ4v) is 3.73. The summed E-state index contributed by atoms with van der Waals surface area (Å²) < 4.78 is 12.5. The highest BCUT2D eigenvalue weighted by Crippen LogP contribution is 2.33. The Labute approximate surface area is 173 Å². The molecule has 2 aromatic heterocycles. The molecule has 1 N–H and O–H groups in total. The quantitative estimate of drug-likeness (QED) is 0.689. The summed E-state index contributed by atoms with van der Waals surface area (Å²) in [7, 11) is 3.19. The minimum absolute atomic E-state index is 0.188. The Morgan fingerprint density at radius 3 is 2.83 bits per heavy atom. The number of amides is 1. The van der Waals surface area contributed by atoms with E-state index >= 15 is 0 Å². The molecule has 1 atom stereocenters. The molecule has 0 aliphatic carbocycles. The van der Waals surface area contributed by atoms with Gasteiger partial charge in [-0.25, -0.2) is 14.5 Å². The third-order valence-electron chi connectivity index (χ3n) is 4.98. The van der Waals surface area contributed by atoms with Gasteiger partial charge in [0.05, 0.1) is 30.6 Å². The van der Waals surface area contributed by atoms with Crippen molar-refractivity contribution in [3.05, 3.63) is 47.1 Å². The van der Waals surface area contributed by atoms with Crippen LogP contribution in [-0.2, 0) is 11.3 Å². The van der Waals surface area contributed by atoms with Gasteiger partial charge in [0.15, 0.2) is 11.5 Å². The maximum absolute atomic E-state index is 11.5. The van der Waals surface area contributed by atoms with Gasteiger partial charge < -0.3 is 19.7 Å². The second kappa shape index (κ2) is 8.16. The van der Waals surface area contributed by atoms with E-state index in [0.717, 1.165) is 41.1 Å². The number of aromatic nitrogens is 3. The first kappa shape index (κ1) is 19.3. The van der Waals surface area contributed by atoms with Crippen molar-refractivity contribution < 1.29 is 14.3 Å². The Hall–Kier alpha value is -3.00. The number of hydrogen-bond acceptors (Lipinski definition) is 6. The number of ether oxygens (including phenoxy) is 2. The van der Waals surface area contributed by atoms with E-state index in [1.165, 1.54) is 0 Å². The van der Waals surface area contributed by atoms with Gasteiger partial charge in [-0.2, -0.15) is 5.10 Å². The molecule has 9 heteroatoms. The van der Waals surface area contributed by atoms with Crippen molar-refractivity contribution >= 4 is 34.5 Å². The average molecular weight is 416 g/mol. The summed E-state index contributed by atoms with van der Waals surface area (Å²) in [6.07, 6.45) is 1.80. The van der Waals surface area contributed by atoms with Crippen molar-refractivity contribution in [2.24, 2.45) is 0 Å². The number of fused-ring (bicyclic) bond motifs is 1. The van der Waals surface area contributed by atoms with Crippen molar-refractivity contribution in [3.8, 4) is 5.75 Å². The van der Waals surface area contributed by atoms with Gasteiger partial charge in [-0.15, -0.1) is 0 Å². The van der Waals surface area contributed by atoms with Crippen LogP contribution in [0.15, 0.2) is 36.5 Å². The zero-order valence-corrected chi connectivity index (χ0v) is 17.0. The summed E-state index contributed by atoms with van der Waals surface area (Å²) in [5.74, 6) is 1.56. The summed E-state index contributed by atoms with van der Waals surface area (Å²) in [4.78, 5) is 18.1. The zero-order chi connectivity index (χ0) is 20.4. The smallest absolute Gasteiger partial charge is 0.407 e. The van der Waals surface area contributed by atoms with E-state index in [9.17, 15) is 4.79 Å². The topological polar surface area (TPSA) is 81.5 Å². The number of rotatable bonds is 5. The average Bonchev–Trinajstić information content (AvgIpc) is 3.34. The van der Waals surface area contributed by atoms with Crippen LogP contribution in [0.5, 0.6) is 5.75 Å². The SMILES string of the molecule is CNC(=O)O[C@@H]1CCN(c2nn(Cc3ccc(OC)cc3)c3nccc(Cl)c23)C1. The zero-order valence-electron chi connectivity index (χ0n) is 16.3. The summed E-state index contributed by atoms with van der Waals surface area (Å²) >= 11 is 6.51. The predicted molar refractivity (Wildman–Crippen MR) is 111 cm³/mol. The van der Waals surface area contributed by atoms with Crippen LogP contribution in [0.3, 0.4) is 0 Å². The lowest BCUT2D eigenvalue weighted by molar-refractivity contribution is 0.110. The number of alkyl carbamates (subject to hydrolysis) is 1. The van der Waals surface area contributed by atoms with Gasteiger partial charge in [-0.3, -0.25) is 0 Å². The number of methoxy groups -OCH3 is 1. The molecule has 0 bridgehead atoms. The van der Waals surface area contributed by atoms with Crippen molar-refractivity contribution in [1.29, 1.82) is 0 Å². The van der Waals surface area contributed by atoms with E-state index in [1.807, 2.05) is 28.9 Å². The van der Waals surface area contributed by atoms with E-state index in [0.29, 0.717) is 18.1 Å². The highest BCUT2D eigenvalue weighted by molar-refractivity contribution is 6.36. The summed E-state index contributed by atoms with van der Waals surface area (Å²) in [6, 6.07) is 9.60. The molecular weight excluding hydrogens is 394 g/mol. The summed E-state index contributed by atoms with van der Waals surface area (Å²) in [5.41, 5.74) is 1.80. The molecule has 29 heavy (non-hydrogen) atoms. The Bertz CT molecular complexity index is 1020. The molecule has 0 radical (unpaired) electrons. The number of nitrogens with one attached hydrogen (secondary N) is 1. The Morgan fingerprint density at radius 1 is 1.31 bits per heavy atom. The third kappa shape index (κ3) is 3.93. The lowest BCUT2D eigenvalue weighted by Gasteiger charge is -2.16. The van der Waals surface area contributed by atoms with Crippen molar-refractivity contribution in [2.75, 3.05) is 32.1 Å². The maximum atomic E-state index is 11.5. The molecule has 1 saturated heterocycles. The van der Waals surface area contributed by atoms with Crippen LogP contribution in [-0.4, -0.2) is 54.2 Å². The first-order valence-electron chi connectivity index (χ1n) is 9.36. The third-order valence-corrected chi connectivity index (χ3v) is 5.29. The number of carbonyl (C=O) groups is 1. The number of nitrogens with zero attached hydrogens (tertiary/aromatic N) is 4. The van der Waals surface area contributed by atoms with Crippen LogP contribution in [0, 0.1) is 0 Å². The molecule has 1 amide bonds. The van der Waals surface area contributed by atoms with Crippen LogP contribution in [0.25, 0.3) is 11.0 Å². The van der Waals surface area contributed by atoms with Crippen molar-refractivity contribution in [2.45, 2.75) is 19.1 Å². The molecule has 1 fully saturated rings. The van der Waals surface area contributed by atoms with Crippen LogP contribution in [0.1, 0.15) is 12.0 Å². The molecule has 0 unspecified atom stereocenters. The monoisotopic (exact) mass is 415 g/mol. The molecule has 3 heterocycles. The molecule has 1 aliphatic rings. The summed E-state index contributed by atoms with van der Waals surface area (Å²) in [6.45, 7) is 1.84. The van der Waals surface area contributed by atoms with Crippen molar-refractivity contribution in [3.63, 3.8) is 0 Å². The largest absolute Gasteiger partial charge is 0.497 e. The molecule has 1 aliphatic heterocycles. The number of hydrogen-bond donors (Lipinski definition) is 1. The Kier molecular flexibility index (Phi) is 5.44. The number of carbonyl (C=O) groups excluding carboxylic acids is 1. The number of benzene rings is 1. The lowest BCUT2D eigenvalue weighted by atomic mass is 10.2. The van der Waals surface area contributed by atoms with Gasteiger partial charge in [-0.1, -0.05) is 23.7 Å². The number of anilines is 1. The first-order valence-corrected chi connectivity index (χ1v) is 9.74. The highest BCUT2D eigenvalue weighted by Gasteiger charge is 2.29. The van der Waals surface area contributed by atoms with E-state index in [2.05, 4.69) is 15.2 Å². The highest BCUT2D eigenvalue weighted by atomic mass is 35.5. The molecule has 8 nitrogen and oxygen atoms in total. The minimum Gasteiger partial charge on any atom is -0.497 e. The molecule has 4 rings (SSSR count). The molecule has 3 aromatic rings. The number of halogens is 1. The fraction of sp³-hybridized carbons (Fsp3) is 0.350. The van der Waals surface area contributed by atoms with Crippen LogP contribution >= 0.6 is 11.6 Å². The first-order chi connectivity index (χ1) is 14.1. The molecule has 1 aromatic carbocycles. The van der Waals surface area contributed by atoms with Crippen LogP contribution in [0.4, 0.5) is 10.6 Å². The van der Waals surface area contributed by atoms with Gasteiger partial charge in [0.2, 0.25) is 0 Å². The predicted octanol–water partition coefficient (Wildman–Crippen LogP) is 3.08. The van der Waals surface area contributed by atoms with Gasteiger partial charge in [0, 0.05) is 26.2 Å². The Morgan fingerprint density at radius 2 is 2.10 bits per heavy atom. The van der Waals surface area contributed by atoms with E-state index in [4.69, 9.17) is 26.2 Å². The Balaban J connectivity index is 1.64. The summed E-state index contributed by atoms with van der Waals surface area (Å²) in [5, 5.41) is 8.70. The van der Waals surface area contributed by atoms with Gasteiger partial charge in [0.25, 0.3) is 0 Å². The fourth-order valence-electron chi connectivity index (χ4n) is 3.50. The normalized spacial score (nSPS) is 16.2. The maximum Gasteiger partial charge on any atom is 0.407 e. The van der Waals surface area contributed by atoms with Gasteiger partial charge in [-0.05, 0) is 23.8 Å². The molecular formula is C20H22ClN5O3. The van der Waals surface area contributed by atoms with Crippen molar-refractivity contribution in [1.82, 2.24) is 20.1 Å². The van der Waals surface area contributed by atoms with E-state index in [1.54, 1.807) is 26.4 Å². The standard InChI is InChI=1S/C20H22ClN5O3/c1-22-20(27)29-15-8-10-25(12-15)19-17-16(21)7-9-23-18(17)26(24-19)11-13-3-5-14(28-2)6-4-13/h3-7,9,15H,8,10-12H2,1-2H3,(H,22,27)/t15-/m1/s1. The molecule has 152 valence electrons. The van der Waals surface area contributed by atoms with E-state index in [-0.39, 0.29) is 6.10 Å². The lowest BCUT2D eigenvalue weighted by Crippen LogP contribution is -2.29. The molecule has 0 saturated carbocycles.